The van der Waals surface area contributed by atoms with Crippen molar-refractivity contribution in [2.24, 2.45) is 0 Å². The summed E-state index contributed by atoms with van der Waals surface area (Å²) < 4.78 is 0. The fourth-order valence-corrected chi connectivity index (χ4v) is 6.61. The smallest absolute Gasteiger partial charge is 0.0726 e. The number of hydrogen-bond donors (Lipinski definition) is 1. The lowest BCUT2D eigenvalue weighted by atomic mass is 9.70. The summed E-state index contributed by atoms with van der Waals surface area (Å²) in [6.45, 7) is 0. The molecule has 0 bridgehead atoms. The van der Waals surface area contributed by atoms with Crippen molar-refractivity contribution in [2.45, 2.75) is 5.41 Å². The molecule has 0 radical (unpaired) electrons. The molecule has 8 rings (SSSR count). The Hall–Kier alpha value is -4.62. The zero-order chi connectivity index (χ0) is 23.7. The lowest BCUT2D eigenvalue weighted by Gasteiger charge is -2.30. The van der Waals surface area contributed by atoms with Gasteiger partial charge in [0, 0.05) is 11.4 Å². The van der Waals surface area contributed by atoms with E-state index in [1.54, 1.807) is 0 Å². The average Bonchev–Trinajstić information content (AvgIpc) is 3.40. The Morgan fingerprint density at radius 2 is 0.833 bits per heavy atom. The molecule has 0 saturated carbocycles. The van der Waals surface area contributed by atoms with Crippen molar-refractivity contribution in [1.82, 2.24) is 0 Å². The van der Waals surface area contributed by atoms with Crippen LogP contribution in [-0.4, -0.2) is 0 Å². The highest BCUT2D eigenvalue weighted by Crippen LogP contribution is 2.62. The molecule has 1 N–H and O–H groups in total. The Bertz CT molecular complexity index is 1760. The van der Waals surface area contributed by atoms with Crippen molar-refractivity contribution in [3.8, 4) is 22.3 Å². The van der Waals surface area contributed by atoms with Gasteiger partial charge in [-0.25, -0.2) is 0 Å². The molecule has 0 unspecified atom stereocenters. The monoisotopic (exact) mass is 457 g/mol. The maximum absolute atomic E-state index is 3.71. The van der Waals surface area contributed by atoms with E-state index in [2.05, 4.69) is 139 Å². The molecule has 0 heterocycles. The lowest BCUT2D eigenvalue weighted by molar-refractivity contribution is 0.794. The van der Waals surface area contributed by atoms with E-state index in [1.165, 1.54) is 55.3 Å². The van der Waals surface area contributed by atoms with E-state index >= 15 is 0 Å². The van der Waals surface area contributed by atoms with Crippen molar-refractivity contribution >= 4 is 22.1 Å². The number of rotatable bonds is 2. The molecule has 0 saturated heterocycles. The minimum absolute atomic E-state index is 0.305. The van der Waals surface area contributed by atoms with Crippen LogP contribution in [-0.2, 0) is 5.41 Å². The highest BCUT2D eigenvalue weighted by Gasteiger charge is 2.51. The largest absolute Gasteiger partial charge is 0.355 e. The van der Waals surface area contributed by atoms with Crippen molar-refractivity contribution in [3.05, 3.63) is 156 Å². The van der Waals surface area contributed by atoms with Crippen LogP contribution in [0.4, 0.5) is 11.4 Å². The molecule has 1 nitrogen and oxygen atoms in total. The first-order valence-corrected chi connectivity index (χ1v) is 12.5. The normalized spacial score (nSPS) is 13.8. The third kappa shape index (κ3) is 2.50. The van der Waals surface area contributed by atoms with Crippen molar-refractivity contribution in [3.63, 3.8) is 0 Å². The second-order valence-electron chi connectivity index (χ2n) is 9.83. The van der Waals surface area contributed by atoms with Gasteiger partial charge in [-0.3, -0.25) is 0 Å². The maximum Gasteiger partial charge on any atom is 0.0726 e. The summed E-state index contributed by atoms with van der Waals surface area (Å²) in [5.41, 5.74) is 12.7. The minimum Gasteiger partial charge on any atom is -0.355 e. The van der Waals surface area contributed by atoms with Crippen LogP contribution in [0.15, 0.2) is 133 Å². The predicted molar refractivity (Wildman–Crippen MR) is 150 cm³/mol. The first kappa shape index (κ1) is 19.7. The Morgan fingerprint density at radius 3 is 1.47 bits per heavy atom. The lowest BCUT2D eigenvalue weighted by Crippen LogP contribution is -2.25. The van der Waals surface area contributed by atoms with Gasteiger partial charge in [-0.2, -0.15) is 0 Å². The van der Waals surface area contributed by atoms with Gasteiger partial charge in [-0.15, -0.1) is 0 Å². The molecule has 2 aliphatic rings. The van der Waals surface area contributed by atoms with Gasteiger partial charge in [0.05, 0.1) is 5.41 Å². The zero-order valence-corrected chi connectivity index (χ0v) is 19.7. The van der Waals surface area contributed by atoms with Gasteiger partial charge in [0.1, 0.15) is 0 Å². The first-order valence-electron chi connectivity index (χ1n) is 12.5. The highest BCUT2D eigenvalue weighted by molar-refractivity contribution is 5.96. The van der Waals surface area contributed by atoms with Gasteiger partial charge >= 0.3 is 0 Å². The van der Waals surface area contributed by atoms with Crippen LogP contribution in [0, 0.1) is 0 Å². The van der Waals surface area contributed by atoms with E-state index in [9.17, 15) is 0 Å². The molecular weight excluding hydrogens is 434 g/mol. The Labute approximate surface area is 210 Å². The van der Waals surface area contributed by atoms with E-state index in [-0.39, 0.29) is 5.41 Å². The fourth-order valence-electron chi connectivity index (χ4n) is 6.61. The molecule has 0 amide bonds. The van der Waals surface area contributed by atoms with E-state index in [4.69, 9.17) is 0 Å². The molecule has 36 heavy (non-hydrogen) atoms. The second kappa shape index (κ2) is 7.19. The number of fused-ring (bicyclic) bond motifs is 11. The molecule has 0 fully saturated rings. The summed E-state index contributed by atoms with van der Waals surface area (Å²) in [5, 5.41) is 6.20. The standard InChI is InChI=1S/C35H23N/c1-2-10-24-21-25(18-17-23(24)9-1)36-26-19-20-30-29-13-5-8-16-33(29)35(34(30)22-26)31-14-6-3-11-27(31)28-12-4-7-15-32(28)35/h1-22,36H. The molecule has 6 aromatic carbocycles. The Balaban J connectivity index is 1.37. The molecule has 0 aliphatic heterocycles. The maximum atomic E-state index is 3.71. The number of anilines is 2. The summed E-state index contributed by atoms with van der Waals surface area (Å²) in [5.74, 6) is 0. The summed E-state index contributed by atoms with van der Waals surface area (Å²) in [4.78, 5) is 0. The minimum atomic E-state index is -0.305. The van der Waals surface area contributed by atoms with Gasteiger partial charge in [-0.05, 0) is 79.5 Å². The van der Waals surface area contributed by atoms with Crippen molar-refractivity contribution in [1.29, 1.82) is 0 Å². The fraction of sp³-hybridized carbons (Fsp3) is 0.0286. The van der Waals surface area contributed by atoms with Crippen LogP contribution in [0.5, 0.6) is 0 Å². The summed E-state index contributed by atoms with van der Waals surface area (Å²) in [7, 11) is 0. The summed E-state index contributed by atoms with van der Waals surface area (Å²) in [6.07, 6.45) is 0. The summed E-state index contributed by atoms with van der Waals surface area (Å²) in [6, 6.07) is 48.8. The summed E-state index contributed by atoms with van der Waals surface area (Å²) >= 11 is 0. The topological polar surface area (TPSA) is 12.0 Å². The third-order valence-electron chi connectivity index (χ3n) is 8.04. The molecule has 1 heteroatoms. The van der Waals surface area contributed by atoms with Crippen LogP contribution in [0.25, 0.3) is 33.0 Å². The quantitative estimate of drug-likeness (QED) is 0.273. The van der Waals surface area contributed by atoms with Crippen molar-refractivity contribution in [2.75, 3.05) is 5.32 Å². The van der Waals surface area contributed by atoms with Gasteiger partial charge in [-0.1, -0.05) is 109 Å². The number of nitrogens with one attached hydrogen (secondary N) is 1. The molecule has 6 aromatic rings. The SMILES string of the molecule is c1ccc2c(c1)-c1ccccc1C21c2ccccc2-c2ccc(Nc3ccc4ccccc4c3)cc21. The average molecular weight is 458 g/mol. The van der Waals surface area contributed by atoms with Gasteiger partial charge in [0.25, 0.3) is 0 Å². The molecular formula is C35H23N. The molecule has 2 aliphatic carbocycles. The predicted octanol–water partition coefficient (Wildman–Crippen LogP) is 8.93. The number of benzene rings is 6. The van der Waals surface area contributed by atoms with Crippen LogP contribution in [0.1, 0.15) is 22.3 Å². The van der Waals surface area contributed by atoms with Gasteiger partial charge < -0.3 is 5.32 Å². The molecule has 0 aromatic heterocycles. The number of hydrogen-bond acceptors (Lipinski definition) is 1. The van der Waals surface area contributed by atoms with E-state index < -0.39 is 0 Å². The first-order chi connectivity index (χ1) is 17.8. The zero-order valence-electron chi connectivity index (χ0n) is 19.7. The van der Waals surface area contributed by atoms with Crippen LogP contribution < -0.4 is 5.32 Å². The van der Waals surface area contributed by atoms with Crippen molar-refractivity contribution < 1.29 is 0 Å². The Kier molecular flexibility index (Phi) is 3.93. The van der Waals surface area contributed by atoms with Gasteiger partial charge in [0.2, 0.25) is 0 Å². The molecule has 168 valence electrons. The van der Waals surface area contributed by atoms with E-state index in [0.29, 0.717) is 0 Å². The third-order valence-corrected chi connectivity index (χ3v) is 8.04. The molecule has 0 atom stereocenters. The van der Waals surface area contributed by atoms with Crippen LogP contribution in [0.2, 0.25) is 0 Å². The van der Waals surface area contributed by atoms with Crippen LogP contribution >= 0.6 is 0 Å². The van der Waals surface area contributed by atoms with Crippen LogP contribution in [0.3, 0.4) is 0 Å². The highest BCUT2D eigenvalue weighted by atomic mass is 14.9. The Morgan fingerprint density at radius 1 is 0.361 bits per heavy atom. The van der Waals surface area contributed by atoms with E-state index in [1.807, 2.05) is 0 Å². The van der Waals surface area contributed by atoms with E-state index in [0.717, 1.165) is 11.4 Å². The van der Waals surface area contributed by atoms with Gasteiger partial charge in [0.15, 0.2) is 0 Å². The molecule has 1 spiro atoms. The second-order valence-corrected chi connectivity index (χ2v) is 9.83.